The number of rotatable bonds is 56. The number of fused-ring (bicyclic) bond motifs is 20. The smallest absolute Gasteiger partial charge is 0.184 e. The number of thioether (sulfide) groups is 4. The summed E-state index contributed by atoms with van der Waals surface area (Å²) in [5.41, 5.74) is 2.85. The van der Waals surface area contributed by atoms with E-state index in [4.69, 9.17) is 119 Å². The standard InChI is InChI=1S/C100H157Cl4N12O9S4.V/c1-29-113(25,30-2)44-55-126-89-69(60-118-59-68(23)24)70-71(82(78(89)101)119-48-37-61(9)10)97-106-93(70)105-94-72-74(86(123-52-41-65(17)18)90(127-56-45-114(26,31-3)32-4)79(102)83(72)120-49-38-62(11)12)96(107-94)108-95-73-75(87(124-53-42-66(19)20)91(128-57-46-115(27,33-5)34-6)80(103)84(73)121-50-39-63(13)14)98(109-95)111-99-76-77(100(110-97)112(99)117)88(125-54-43-67(21)22)92(129-58-47-116(28,35-7)36-8)81(104)85(76)122-51-40-64(15)16;/h61-68,117H,29-60H2,1-28H3;/q+3;. The summed E-state index contributed by atoms with van der Waals surface area (Å²) in [5.74, 6) is 7.65. The third kappa shape index (κ3) is 27.6. The van der Waals surface area contributed by atoms with Gasteiger partial charge < -0.3 is 76.0 Å². The molecule has 0 unspecified atom stereocenters. The van der Waals surface area contributed by atoms with Crippen molar-refractivity contribution in [3.05, 3.63) is 25.7 Å². The Morgan fingerprint density at radius 3 is 0.923 bits per heavy atom. The first-order valence-corrected chi connectivity index (χ1v) is 53.6. The van der Waals surface area contributed by atoms with Gasteiger partial charge in [-0.15, -0.1) is 51.8 Å². The monoisotopic (exact) mass is 1990 g/mol. The van der Waals surface area contributed by atoms with E-state index in [1.165, 1.54) is 0 Å². The molecule has 1 radical (unpaired) electrons. The molecule has 4 aromatic carbocycles. The van der Waals surface area contributed by atoms with Crippen LogP contribution in [0.4, 0.5) is 0 Å². The fourth-order valence-corrected chi connectivity index (χ4v) is 21.6. The Morgan fingerprint density at radius 1 is 0.323 bits per heavy atom. The van der Waals surface area contributed by atoms with Crippen molar-refractivity contribution in [3.63, 3.8) is 0 Å². The molecular weight excluding hydrogens is 1830 g/mol. The molecule has 0 fully saturated rings. The van der Waals surface area contributed by atoms with Crippen molar-refractivity contribution >= 4 is 138 Å². The van der Waals surface area contributed by atoms with Gasteiger partial charge in [0.1, 0.15) is 43.8 Å². The molecule has 2 aliphatic rings. The van der Waals surface area contributed by atoms with Gasteiger partial charge in [0.05, 0.1) is 218 Å². The van der Waals surface area contributed by atoms with E-state index >= 15 is 0 Å². The van der Waals surface area contributed by atoms with Gasteiger partial charge in [0.25, 0.3) is 0 Å². The Bertz CT molecular complexity index is 5070. The summed E-state index contributed by atoms with van der Waals surface area (Å²) >= 11 is 39.8. The number of benzene rings is 4. The van der Waals surface area contributed by atoms with Crippen molar-refractivity contribution in [3.8, 4) is 85.8 Å². The molecule has 0 spiro atoms. The number of quaternary nitrogens is 4. The summed E-state index contributed by atoms with van der Waals surface area (Å²) in [5, 5.41) is 17.6. The van der Waals surface area contributed by atoms with E-state index in [9.17, 15) is 5.21 Å². The zero-order valence-corrected chi connectivity index (χ0v) is 91.6. The van der Waals surface area contributed by atoms with Gasteiger partial charge in [-0.05, 0) is 148 Å². The van der Waals surface area contributed by atoms with Crippen molar-refractivity contribution in [2.24, 2.45) is 47.3 Å². The molecule has 2 aliphatic heterocycles. The van der Waals surface area contributed by atoms with Crippen LogP contribution < -0.4 is 38.1 Å². The van der Waals surface area contributed by atoms with E-state index < -0.39 is 0 Å². The average molecular weight is 1990 g/mol. The summed E-state index contributed by atoms with van der Waals surface area (Å²) < 4.78 is 63.1. The van der Waals surface area contributed by atoms with Gasteiger partial charge >= 0.3 is 0 Å². The fourth-order valence-electron chi connectivity index (χ4n) is 14.9. The van der Waals surface area contributed by atoms with Gasteiger partial charge in [0, 0.05) is 86.3 Å². The van der Waals surface area contributed by atoms with Crippen molar-refractivity contribution in [2.75, 3.05) is 183 Å². The van der Waals surface area contributed by atoms with Crippen molar-refractivity contribution in [2.45, 2.75) is 237 Å². The van der Waals surface area contributed by atoms with E-state index in [-0.39, 0.29) is 151 Å². The minimum absolute atomic E-state index is 0. The topological polar surface area (TPSA) is 190 Å². The maximum absolute atomic E-state index is 14.6. The van der Waals surface area contributed by atoms with Crippen LogP contribution in [-0.2, 0) is 29.9 Å². The molecule has 0 aliphatic carbocycles. The number of aromatic nitrogens is 8. The number of nitrogens with zero attached hydrogens (tertiary/aromatic N) is 12. The molecule has 725 valence electrons. The number of hydrogen-bond donors (Lipinski definition) is 1. The quantitative estimate of drug-likeness (QED) is 0.0215. The van der Waals surface area contributed by atoms with Crippen LogP contribution in [-0.4, -0.2) is 240 Å². The van der Waals surface area contributed by atoms with E-state index in [1.807, 2.05) is 0 Å². The van der Waals surface area contributed by atoms with Crippen LogP contribution in [0.3, 0.4) is 0 Å². The molecule has 30 heteroatoms. The molecule has 0 amide bonds. The SMILES string of the molecule is CC[N+](C)(CC)CCSc1c(Cl)c(OCCC(C)C)c2c(c1COCC(C)C)-c1nc-2nc2c3c(OCCC(C)C)c(SCC[N+](C)(CC)CC)c(Cl)c(OCCC(C)C)c3c(nc3nc(nc4[n-]c(n1)c1c(OCCC(C)C)c(Cl)c(SCC[N+](C)(CC)CC)c(OCCC(C)C)c41)-c1c(OCCC(C)C)c(Cl)c(SCC[N+](C)(CC)CC)c(OCCC(C)C)c1-3)n2O.[V]. The molecule has 3 aromatic heterocycles. The van der Waals surface area contributed by atoms with Gasteiger partial charge in [0.15, 0.2) is 34.4 Å². The van der Waals surface area contributed by atoms with E-state index in [0.29, 0.717) is 207 Å². The predicted molar refractivity (Wildman–Crippen MR) is 546 cm³/mol. The Labute approximate surface area is 828 Å². The average Bonchev–Trinajstić information content (AvgIpc) is 1.55. The van der Waals surface area contributed by atoms with Crippen LogP contribution in [0.25, 0.3) is 89.7 Å². The van der Waals surface area contributed by atoms with Crippen molar-refractivity contribution in [1.29, 1.82) is 0 Å². The van der Waals surface area contributed by atoms with Crippen LogP contribution in [0.15, 0.2) is 19.6 Å². The molecule has 130 heavy (non-hydrogen) atoms. The minimum Gasteiger partial charge on any atom is -0.492 e. The van der Waals surface area contributed by atoms with Gasteiger partial charge in [-0.25, -0.2) is 19.9 Å². The molecule has 21 nitrogen and oxygen atoms in total. The normalized spacial score (nSPS) is 12.7. The van der Waals surface area contributed by atoms with Crippen molar-refractivity contribution in [1.82, 2.24) is 39.6 Å². The number of ether oxygens (including phenoxy) is 8. The van der Waals surface area contributed by atoms with E-state index in [2.05, 4.69) is 194 Å². The van der Waals surface area contributed by atoms with Crippen LogP contribution in [0.2, 0.25) is 20.1 Å². The van der Waals surface area contributed by atoms with Gasteiger partial charge in [0.2, 0.25) is 0 Å². The molecule has 7 aromatic rings. The summed E-state index contributed by atoms with van der Waals surface area (Å²) in [6.45, 7) is 65.9. The third-order valence-electron chi connectivity index (χ3n) is 26.0. The molecule has 0 saturated carbocycles. The minimum atomic E-state index is -0.0353. The van der Waals surface area contributed by atoms with E-state index in [0.717, 1.165) is 112 Å². The van der Waals surface area contributed by atoms with Crippen molar-refractivity contribution < 1.29 is 79.6 Å². The van der Waals surface area contributed by atoms with Gasteiger partial charge in [-0.1, -0.05) is 157 Å². The second-order valence-corrected chi connectivity index (χ2v) is 45.4. The molecule has 9 rings (SSSR count). The summed E-state index contributed by atoms with van der Waals surface area (Å²) in [7, 11) is 9.18. The Morgan fingerprint density at radius 2 is 0.577 bits per heavy atom. The van der Waals surface area contributed by atoms with Crippen LogP contribution in [0.1, 0.15) is 217 Å². The molecule has 5 heterocycles. The van der Waals surface area contributed by atoms with Crippen LogP contribution in [0.5, 0.6) is 40.2 Å². The summed E-state index contributed by atoms with van der Waals surface area (Å²) in [4.78, 5) is 44.0. The first-order chi connectivity index (χ1) is 61.2. The Balaban J connectivity index is 0.0000209. The maximum atomic E-state index is 14.6. The molecule has 0 atom stereocenters. The fraction of sp³-hybridized carbons (Fsp3) is 0.680. The Hall–Kier alpha value is -4.42. The second-order valence-electron chi connectivity index (χ2n) is 39.5. The molecule has 8 bridgehead atoms. The largest absolute Gasteiger partial charge is 0.492 e. The molecule has 1 N–H and O–H groups in total. The Kier molecular flexibility index (Phi) is 43.3. The first-order valence-electron chi connectivity index (χ1n) is 48.1. The van der Waals surface area contributed by atoms with Crippen LogP contribution >= 0.6 is 93.5 Å². The van der Waals surface area contributed by atoms with Crippen LogP contribution in [0, 0.1) is 47.3 Å². The first kappa shape index (κ1) is 111. The van der Waals surface area contributed by atoms with E-state index in [1.54, 1.807) is 47.0 Å². The summed E-state index contributed by atoms with van der Waals surface area (Å²) in [6.07, 6.45) is 4.78. The second kappa shape index (κ2) is 50.8. The zero-order valence-electron chi connectivity index (χ0n) is 83.9. The summed E-state index contributed by atoms with van der Waals surface area (Å²) in [6, 6.07) is 0. The predicted octanol–water partition coefficient (Wildman–Crippen LogP) is 26.3. The number of hydrogen-bond acceptors (Lipinski definition) is 19. The third-order valence-corrected chi connectivity index (χ3v) is 32.2. The maximum Gasteiger partial charge on any atom is 0.184 e. The van der Waals surface area contributed by atoms with Gasteiger partial charge in [-0.3, -0.25) is 0 Å². The number of halogens is 4. The van der Waals surface area contributed by atoms with Gasteiger partial charge in [-0.2, -0.15) is 0 Å². The zero-order chi connectivity index (χ0) is 94.7. The molecule has 0 saturated heterocycles. The molecular formula is C100H157Cl4N12O9S4V+3.